The van der Waals surface area contributed by atoms with E-state index in [0.717, 1.165) is 28.8 Å². The van der Waals surface area contributed by atoms with Crippen molar-refractivity contribution in [3.63, 3.8) is 0 Å². The largest absolute Gasteiger partial charge is 0.472 e. The second-order valence-corrected chi connectivity index (χ2v) is 25.3. The molecule has 6 aromatic heterocycles. The predicted molar refractivity (Wildman–Crippen MR) is 286 cm³/mol. The summed E-state index contributed by atoms with van der Waals surface area (Å²) in [5.41, 5.74) is 14.7. The molecule has 86 heavy (non-hydrogen) atoms. The van der Waals surface area contributed by atoms with Crippen LogP contribution in [0.3, 0.4) is 0 Å². The minimum atomic E-state index is -5.43. The van der Waals surface area contributed by atoms with Crippen LogP contribution in [0.1, 0.15) is 63.1 Å². The lowest BCUT2D eigenvalue weighted by molar-refractivity contribution is -0.0666. The van der Waals surface area contributed by atoms with Crippen LogP contribution in [-0.2, 0) is 78.1 Å². The molecule has 0 aromatic carbocycles. The predicted octanol–water partition coefficient (Wildman–Crippen LogP) is -0.353. The molecule has 0 radical (unpaired) electrons. The Hall–Kier alpha value is -5.90. The van der Waals surface area contributed by atoms with Gasteiger partial charge in [-0.1, -0.05) is 0 Å². The Balaban J connectivity index is 0.844. The summed E-state index contributed by atoms with van der Waals surface area (Å²) in [5.74, 6) is -0.351. The topological polar surface area (TPSA) is 544 Å². The van der Waals surface area contributed by atoms with E-state index in [1.54, 1.807) is 11.5 Å². The molecule has 470 valence electrons. The van der Waals surface area contributed by atoms with E-state index in [-0.39, 0.29) is 53.8 Å². The number of nitrogens with two attached hydrogens (primary N) is 3. The maximum atomic E-state index is 14.1. The van der Waals surface area contributed by atoms with Crippen LogP contribution in [-0.4, -0.2) is 167 Å². The van der Waals surface area contributed by atoms with Gasteiger partial charge >= 0.3 is 42.7 Å². The van der Waals surface area contributed by atoms with Crippen molar-refractivity contribution in [2.75, 3.05) is 57.3 Å². The molecular formula is C42H57N15O25P4. The van der Waals surface area contributed by atoms with Gasteiger partial charge in [0.15, 0.2) is 22.6 Å². The molecule has 4 fully saturated rings. The normalized spacial score (nSPS) is 28.9. The Bertz CT molecular complexity index is 3920. The van der Waals surface area contributed by atoms with Crippen molar-refractivity contribution >= 4 is 71.2 Å². The third-order valence-electron chi connectivity index (χ3n) is 13.8. The van der Waals surface area contributed by atoms with E-state index in [1.165, 1.54) is 36.4 Å². The summed E-state index contributed by atoms with van der Waals surface area (Å²) in [7, 11) is -19.8. The standard InChI is InChI=1S/C42H57N15O25P4/c1-4-71-20-7-31(56-17-48-33-35(44)46-16-47-36(33)56)76-24(20)12-73-84(64,65)82-23-10-32(57-18-49-34-37(57)51-40(45)52-39(34)59)79-27(23)15-75-85(66,67)80-21-8-29(54-6-5-28(43)50-41(54)60)77-26(21)14-74-86(68,69)81-22-9-30(55-11-19(2)38(58)53-42(55)61)78-25(22)13-72-83(62,63)70-3/h5-6,11,16-18,20-27,29-32H,4,7-10,12-15H2,1-3H3,(H,62,63)(H,64,65)(H,66,67)(H,68,69)(H2,43,50,60)(H2,44,46,47)(H,53,58,61)(H3,45,51,52,59)/t20?,21?,22?,23?,24-,25-,26-,27-,29-,30-,31-,32-/m1/s1. The van der Waals surface area contributed by atoms with Gasteiger partial charge in [0.2, 0.25) is 5.95 Å². The smallest absolute Gasteiger partial charge is 0.383 e. The number of phosphoric ester groups is 4. The van der Waals surface area contributed by atoms with E-state index in [2.05, 4.69) is 44.4 Å². The van der Waals surface area contributed by atoms with E-state index >= 15 is 0 Å². The van der Waals surface area contributed by atoms with E-state index in [9.17, 15) is 57.0 Å². The highest BCUT2D eigenvalue weighted by Crippen LogP contribution is 2.54. The number of imidazole rings is 2. The van der Waals surface area contributed by atoms with Crippen LogP contribution in [0.5, 0.6) is 0 Å². The molecule has 4 aliphatic heterocycles. The van der Waals surface area contributed by atoms with Crippen molar-refractivity contribution < 1.29 is 97.7 Å². The highest BCUT2D eigenvalue weighted by molar-refractivity contribution is 7.48. The van der Waals surface area contributed by atoms with Gasteiger partial charge in [0.25, 0.3) is 11.1 Å². The van der Waals surface area contributed by atoms with Gasteiger partial charge in [-0.2, -0.15) is 9.97 Å². The quantitative estimate of drug-likeness (QED) is 0.0331. The lowest BCUT2D eigenvalue weighted by atomic mass is 10.2. The highest BCUT2D eigenvalue weighted by atomic mass is 31.2. The number of aromatic amines is 2. The summed E-state index contributed by atoms with van der Waals surface area (Å²) in [6.07, 6.45) is -10.6. The number of nitrogens with zero attached hydrogens (tertiary/aromatic N) is 10. The molecule has 0 spiro atoms. The number of H-pyrrole nitrogens is 2. The molecule has 6 aromatic rings. The molecule has 10 rings (SSSR count). The van der Waals surface area contributed by atoms with Gasteiger partial charge in [-0.05, 0) is 19.9 Å². The van der Waals surface area contributed by atoms with Crippen LogP contribution in [0.2, 0.25) is 0 Å². The van der Waals surface area contributed by atoms with E-state index < -0.39 is 167 Å². The molecule has 0 amide bonds. The number of nitrogen functional groups attached to an aromatic ring is 3. The number of aromatic nitrogens is 12. The number of hydrogen-bond donors (Lipinski definition) is 9. The van der Waals surface area contributed by atoms with Crippen LogP contribution in [0.15, 0.2) is 56.6 Å². The average Bonchev–Trinajstić information content (AvgIpc) is 2.62. The first-order valence-electron chi connectivity index (χ1n) is 25.7. The first-order chi connectivity index (χ1) is 40.7. The number of aryl methyl sites for hydroxylation is 1. The lowest BCUT2D eigenvalue weighted by Crippen LogP contribution is -2.33. The maximum absolute atomic E-state index is 14.1. The van der Waals surface area contributed by atoms with Crippen LogP contribution < -0.4 is 39.7 Å². The molecule has 44 heteroatoms. The second kappa shape index (κ2) is 25.3. The molecule has 0 aliphatic carbocycles. The number of fused-ring (bicyclic) bond motifs is 2. The molecule has 16 atom stereocenters. The monoisotopic (exact) mass is 1300 g/mol. The lowest BCUT2D eigenvalue weighted by Gasteiger charge is -2.25. The van der Waals surface area contributed by atoms with Crippen LogP contribution in [0, 0.1) is 6.92 Å². The first kappa shape index (κ1) is 63.1. The third-order valence-corrected chi connectivity index (χ3v) is 17.8. The molecule has 4 saturated heterocycles. The summed E-state index contributed by atoms with van der Waals surface area (Å²) in [6, 6.07) is 1.23. The molecule has 10 heterocycles. The Morgan fingerprint density at radius 3 is 1.60 bits per heavy atom. The molecule has 12 N–H and O–H groups in total. The zero-order chi connectivity index (χ0) is 61.6. The minimum Gasteiger partial charge on any atom is -0.383 e. The number of phosphoric acid groups is 4. The Morgan fingerprint density at radius 2 is 1.08 bits per heavy atom. The molecule has 4 aliphatic rings. The maximum Gasteiger partial charge on any atom is 0.472 e. The number of ether oxygens (including phenoxy) is 5. The van der Waals surface area contributed by atoms with E-state index in [1.807, 2.05) is 0 Å². The number of nitrogens with one attached hydrogen (secondary N) is 2. The van der Waals surface area contributed by atoms with Gasteiger partial charge < -0.3 is 60.5 Å². The fourth-order valence-corrected chi connectivity index (χ4v) is 13.1. The molecular weight excluding hydrogens is 1240 g/mol. The van der Waals surface area contributed by atoms with Gasteiger partial charge in [0, 0.05) is 57.4 Å². The highest BCUT2D eigenvalue weighted by Gasteiger charge is 2.49. The fraction of sp³-hybridized carbons (Fsp3) is 0.571. The SMILES string of the molecule is CCOC1C[C@H](n2cnc3c(N)ncnc32)O[C@@H]1COP(=O)(O)OC1C[C@H](n2cnc3c(=O)[nH]c(N)nc32)O[C@@H]1COP(=O)(O)OC1C[C@H](n2ccc(N)nc2=O)O[C@@H]1COP(=O)(O)OC1C[C@H](n2cc(C)c(=O)[nH]c2=O)O[C@@H]1COP(=O)(O)OC. The molecule has 40 nitrogen and oxygen atoms in total. The number of rotatable bonds is 25. The van der Waals surface area contributed by atoms with Crippen molar-refractivity contribution in [2.45, 2.75) is 113 Å². The van der Waals surface area contributed by atoms with Gasteiger partial charge in [-0.15, -0.1) is 0 Å². The second-order valence-electron chi connectivity index (χ2n) is 19.5. The first-order valence-corrected chi connectivity index (χ1v) is 31.7. The van der Waals surface area contributed by atoms with Gasteiger partial charge in [0.1, 0.15) is 85.3 Å². The number of anilines is 3. The fourth-order valence-electron chi connectivity index (χ4n) is 9.81. The van der Waals surface area contributed by atoms with Gasteiger partial charge in [0.05, 0.1) is 45.2 Å². The summed E-state index contributed by atoms with van der Waals surface area (Å²) in [4.78, 5) is 123. The van der Waals surface area contributed by atoms with Gasteiger partial charge in [-0.25, -0.2) is 47.8 Å². The summed E-state index contributed by atoms with van der Waals surface area (Å²) < 4.78 is 131. The van der Waals surface area contributed by atoms with E-state index in [4.69, 9.17) is 72.6 Å². The molecule has 0 saturated carbocycles. The Labute approximate surface area is 481 Å². The molecule has 8 unspecified atom stereocenters. The summed E-state index contributed by atoms with van der Waals surface area (Å²) in [6.45, 7) is -0.00593. The van der Waals surface area contributed by atoms with Crippen LogP contribution in [0.25, 0.3) is 22.3 Å². The zero-order valence-corrected chi connectivity index (χ0v) is 48.7. The minimum absolute atomic E-state index is 0.0754. The number of hydrogen-bond acceptors (Lipinski definition) is 30. The third kappa shape index (κ3) is 14.3. The Kier molecular flexibility index (Phi) is 18.6. The van der Waals surface area contributed by atoms with Crippen molar-refractivity contribution in [1.29, 1.82) is 0 Å². The van der Waals surface area contributed by atoms with Crippen LogP contribution >= 0.6 is 31.3 Å². The summed E-state index contributed by atoms with van der Waals surface area (Å²) in [5, 5.41) is 0. The molecule has 0 bridgehead atoms. The van der Waals surface area contributed by atoms with Gasteiger partial charge in [-0.3, -0.25) is 74.0 Å². The zero-order valence-electron chi connectivity index (χ0n) is 45.1. The van der Waals surface area contributed by atoms with Crippen molar-refractivity contribution in [3.05, 3.63) is 84.7 Å². The summed E-state index contributed by atoms with van der Waals surface area (Å²) >= 11 is 0. The van der Waals surface area contributed by atoms with Crippen molar-refractivity contribution in [1.82, 2.24) is 58.1 Å². The Morgan fingerprint density at radius 1 is 0.605 bits per heavy atom. The van der Waals surface area contributed by atoms with Crippen molar-refractivity contribution in [3.8, 4) is 0 Å². The van der Waals surface area contributed by atoms with Crippen LogP contribution in [0.4, 0.5) is 17.6 Å². The van der Waals surface area contributed by atoms with Crippen molar-refractivity contribution in [2.24, 2.45) is 0 Å². The van der Waals surface area contributed by atoms with E-state index in [0.29, 0.717) is 11.2 Å². The average molecular weight is 1300 g/mol.